The monoisotopic (exact) mass is 440 g/mol. The van der Waals surface area contributed by atoms with Crippen LogP contribution >= 0.6 is 0 Å². The van der Waals surface area contributed by atoms with E-state index in [9.17, 15) is 25.6 Å². The first kappa shape index (κ1) is 20.0. The maximum atomic E-state index is 13.7. The highest BCUT2D eigenvalue weighted by Gasteiger charge is 2.31. The SMILES string of the molecule is CS(=O)(=O)c1ccc(-c2c(S(C)(=O)=O)ccc3[nH]nc(C4CC4)c23)cc1C(F)F. The van der Waals surface area contributed by atoms with Gasteiger partial charge >= 0.3 is 0 Å². The molecule has 2 aromatic carbocycles. The van der Waals surface area contributed by atoms with Crippen molar-refractivity contribution in [2.24, 2.45) is 0 Å². The van der Waals surface area contributed by atoms with Gasteiger partial charge in [0.1, 0.15) is 0 Å². The average Bonchev–Trinajstić information content (AvgIpc) is 3.37. The molecule has 0 spiro atoms. The topological polar surface area (TPSA) is 97.0 Å². The van der Waals surface area contributed by atoms with E-state index in [4.69, 9.17) is 0 Å². The highest BCUT2D eigenvalue weighted by molar-refractivity contribution is 7.91. The van der Waals surface area contributed by atoms with E-state index in [1.165, 1.54) is 12.1 Å². The molecule has 3 aromatic rings. The van der Waals surface area contributed by atoms with E-state index >= 15 is 0 Å². The van der Waals surface area contributed by atoms with Crippen molar-refractivity contribution in [1.29, 1.82) is 0 Å². The first-order chi connectivity index (χ1) is 13.5. The van der Waals surface area contributed by atoms with Crippen LogP contribution in [0.25, 0.3) is 22.0 Å². The Morgan fingerprint density at radius 3 is 2.17 bits per heavy atom. The maximum absolute atomic E-state index is 13.7. The van der Waals surface area contributed by atoms with Crippen molar-refractivity contribution >= 4 is 30.6 Å². The Labute approximate surface area is 166 Å². The number of hydrogen-bond donors (Lipinski definition) is 1. The Morgan fingerprint density at radius 2 is 1.62 bits per heavy atom. The van der Waals surface area contributed by atoms with E-state index in [0.29, 0.717) is 16.6 Å². The van der Waals surface area contributed by atoms with Crippen LogP contribution in [0.1, 0.15) is 36.4 Å². The van der Waals surface area contributed by atoms with E-state index in [1.54, 1.807) is 6.07 Å². The number of hydrogen-bond acceptors (Lipinski definition) is 5. The van der Waals surface area contributed by atoms with Gasteiger partial charge in [-0.1, -0.05) is 6.07 Å². The molecule has 4 rings (SSSR count). The number of alkyl halides is 2. The molecular weight excluding hydrogens is 422 g/mol. The quantitative estimate of drug-likeness (QED) is 0.650. The second-order valence-electron chi connectivity index (χ2n) is 7.34. The zero-order valence-corrected chi connectivity index (χ0v) is 17.2. The van der Waals surface area contributed by atoms with Crippen molar-refractivity contribution in [3.63, 3.8) is 0 Å². The molecule has 0 bridgehead atoms. The summed E-state index contributed by atoms with van der Waals surface area (Å²) in [7, 11) is -7.57. The Kier molecular flexibility index (Phi) is 4.54. The summed E-state index contributed by atoms with van der Waals surface area (Å²) in [6.07, 6.45) is 0.703. The molecule has 1 N–H and O–H groups in total. The van der Waals surface area contributed by atoms with Gasteiger partial charge in [-0.05, 0) is 42.7 Å². The zero-order valence-electron chi connectivity index (χ0n) is 15.6. The lowest BCUT2D eigenvalue weighted by Gasteiger charge is -2.14. The molecule has 1 saturated carbocycles. The minimum atomic E-state index is -3.88. The fourth-order valence-electron chi connectivity index (χ4n) is 3.58. The van der Waals surface area contributed by atoms with Crippen LogP contribution in [0, 0.1) is 0 Å². The van der Waals surface area contributed by atoms with Gasteiger partial charge in [-0.3, -0.25) is 5.10 Å². The van der Waals surface area contributed by atoms with Gasteiger partial charge in [0.05, 0.1) is 21.0 Å². The van der Waals surface area contributed by atoms with Crippen molar-refractivity contribution in [3.8, 4) is 11.1 Å². The molecule has 1 heterocycles. The Hall–Kier alpha value is -2.33. The van der Waals surface area contributed by atoms with Gasteiger partial charge in [0.15, 0.2) is 19.7 Å². The highest BCUT2D eigenvalue weighted by atomic mass is 32.2. The molecule has 154 valence electrons. The molecule has 0 radical (unpaired) electrons. The number of nitrogens with one attached hydrogen (secondary N) is 1. The van der Waals surface area contributed by atoms with Crippen LogP contribution in [0.3, 0.4) is 0 Å². The number of benzene rings is 2. The Bertz CT molecular complexity index is 1340. The number of H-pyrrole nitrogens is 1. The van der Waals surface area contributed by atoms with E-state index in [2.05, 4.69) is 10.2 Å². The molecule has 1 aromatic heterocycles. The van der Waals surface area contributed by atoms with Gasteiger partial charge in [-0.25, -0.2) is 25.6 Å². The first-order valence-electron chi connectivity index (χ1n) is 8.82. The van der Waals surface area contributed by atoms with Gasteiger partial charge in [0.25, 0.3) is 6.43 Å². The first-order valence-corrected chi connectivity index (χ1v) is 12.6. The Morgan fingerprint density at radius 1 is 1.00 bits per heavy atom. The zero-order chi connectivity index (χ0) is 21.1. The molecule has 29 heavy (non-hydrogen) atoms. The number of halogens is 2. The summed E-state index contributed by atoms with van der Waals surface area (Å²) in [5.74, 6) is 0.183. The normalized spacial score (nSPS) is 15.3. The summed E-state index contributed by atoms with van der Waals surface area (Å²) < 4.78 is 76.1. The van der Waals surface area contributed by atoms with Crippen molar-refractivity contribution < 1.29 is 25.6 Å². The standard InChI is InChI=1S/C19H18F2N2O4S2/c1-28(24,25)14-7-5-11(9-12(14)19(20)21)16-15(29(2,26)27)8-6-13-17(16)18(23-22-13)10-3-4-10/h5-10,19H,3-4H2,1-2H3,(H,22,23). The molecule has 1 aliphatic carbocycles. The minimum Gasteiger partial charge on any atom is -0.278 e. The molecule has 10 heteroatoms. The highest BCUT2D eigenvalue weighted by Crippen LogP contribution is 2.46. The smallest absolute Gasteiger partial charge is 0.265 e. The van der Waals surface area contributed by atoms with Crippen LogP contribution in [0.4, 0.5) is 8.78 Å². The van der Waals surface area contributed by atoms with Gasteiger partial charge < -0.3 is 0 Å². The third-order valence-corrected chi connectivity index (χ3v) is 7.33. The molecule has 1 fully saturated rings. The summed E-state index contributed by atoms with van der Waals surface area (Å²) in [4.78, 5) is -0.487. The van der Waals surface area contributed by atoms with Crippen LogP contribution in [-0.4, -0.2) is 39.5 Å². The van der Waals surface area contributed by atoms with Crippen LogP contribution in [0.2, 0.25) is 0 Å². The summed E-state index contributed by atoms with van der Waals surface area (Å²) in [5, 5.41) is 7.77. The van der Waals surface area contributed by atoms with Crippen LogP contribution < -0.4 is 0 Å². The second-order valence-corrected chi connectivity index (χ2v) is 11.3. The number of nitrogens with zero attached hydrogens (tertiary/aromatic N) is 1. The molecule has 0 saturated heterocycles. The van der Waals surface area contributed by atoms with Gasteiger partial charge in [-0.2, -0.15) is 5.10 Å². The fourth-order valence-corrected chi connectivity index (χ4v) is 5.38. The maximum Gasteiger partial charge on any atom is 0.265 e. The molecule has 0 unspecified atom stereocenters. The van der Waals surface area contributed by atoms with Gasteiger partial charge in [0.2, 0.25) is 0 Å². The molecule has 0 amide bonds. The van der Waals surface area contributed by atoms with Crippen molar-refractivity contribution in [2.45, 2.75) is 35.0 Å². The van der Waals surface area contributed by atoms with Gasteiger partial charge in [0, 0.05) is 34.9 Å². The predicted molar refractivity (Wildman–Crippen MR) is 105 cm³/mol. The molecular formula is C19H18F2N2O4S2. The second kappa shape index (κ2) is 6.60. The third kappa shape index (κ3) is 3.55. The average molecular weight is 440 g/mol. The fraction of sp³-hybridized carbons (Fsp3) is 0.316. The number of fused-ring (bicyclic) bond motifs is 1. The lowest BCUT2D eigenvalue weighted by Crippen LogP contribution is -2.05. The number of rotatable bonds is 5. The number of aromatic nitrogens is 2. The Balaban J connectivity index is 2.10. The summed E-state index contributed by atoms with van der Waals surface area (Å²) >= 11 is 0. The van der Waals surface area contributed by atoms with E-state index in [-0.39, 0.29) is 21.9 Å². The lowest BCUT2D eigenvalue weighted by atomic mass is 9.97. The van der Waals surface area contributed by atoms with Crippen molar-refractivity contribution in [1.82, 2.24) is 10.2 Å². The van der Waals surface area contributed by atoms with Gasteiger partial charge in [-0.15, -0.1) is 0 Å². The largest absolute Gasteiger partial charge is 0.278 e. The molecule has 0 atom stereocenters. The molecule has 0 aliphatic heterocycles. The minimum absolute atomic E-state index is 0.0133. The lowest BCUT2D eigenvalue weighted by molar-refractivity contribution is 0.148. The van der Waals surface area contributed by atoms with E-state index < -0.39 is 36.6 Å². The van der Waals surface area contributed by atoms with E-state index in [1.807, 2.05) is 0 Å². The number of sulfone groups is 2. The van der Waals surface area contributed by atoms with Crippen molar-refractivity contribution in [3.05, 3.63) is 41.6 Å². The number of aromatic amines is 1. The van der Waals surface area contributed by atoms with Crippen LogP contribution in [-0.2, 0) is 19.7 Å². The van der Waals surface area contributed by atoms with Crippen molar-refractivity contribution in [2.75, 3.05) is 12.5 Å². The van der Waals surface area contributed by atoms with E-state index in [0.717, 1.165) is 37.5 Å². The van der Waals surface area contributed by atoms with Crippen LogP contribution in [0.5, 0.6) is 0 Å². The molecule has 6 nitrogen and oxygen atoms in total. The summed E-state index contributed by atoms with van der Waals surface area (Å²) in [6.45, 7) is 0. The molecule has 1 aliphatic rings. The predicted octanol–water partition coefficient (Wildman–Crippen LogP) is 3.85. The third-order valence-electron chi connectivity index (χ3n) is 5.02. The van der Waals surface area contributed by atoms with Crippen LogP contribution in [0.15, 0.2) is 40.1 Å². The summed E-state index contributed by atoms with van der Waals surface area (Å²) in [6, 6.07) is 6.55. The summed E-state index contributed by atoms with van der Waals surface area (Å²) in [5.41, 5.74) is 1.12.